The molecule has 0 aliphatic carbocycles. The summed E-state index contributed by atoms with van der Waals surface area (Å²) in [6.45, 7) is 0. The first-order valence-electron chi connectivity index (χ1n) is 17.2. The van der Waals surface area contributed by atoms with Crippen molar-refractivity contribution in [3.05, 3.63) is 170 Å². The first kappa shape index (κ1) is 28.9. The Kier molecular flexibility index (Phi) is 6.42. The summed E-state index contributed by atoms with van der Waals surface area (Å²) in [5.41, 5.74) is 7.22. The van der Waals surface area contributed by atoms with Crippen LogP contribution in [0.25, 0.3) is 85.9 Å². The smallest absolute Gasteiger partial charge is 0.142 e. The SMILES string of the molecule is c1ccc2c(c1)Oc1cccc(-c3cc(-c4ccc5c6ccccc6c6ccccc6c5c4)cc(-c4cccc5c4sc4ccccc45)c3)c1S2. The summed E-state index contributed by atoms with van der Waals surface area (Å²) in [4.78, 5) is 2.29. The van der Waals surface area contributed by atoms with Crippen LogP contribution in [0.4, 0.5) is 0 Å². The number of thiophene rings is 1. The maximum atomic E-state index is 6.47. The van der Waals surface area contributed by atoms with Crippen LogP contribution in [0.3, 0.4) is 0 Å². The van der Waals surface area contributed by atoms with Gasteiger partial charge in [0.15, 0.2) is 0 Å². The molecule has 2 heterocycles. The zero-order valence-corrected chi connectivity index (χ0v) is 29.0. The minimum absolute atomic E-state index is 0.902. The zero-order chi connectivity index (χ0) is 33.5. The van der Waals surface area contributed by atoms with E-state index in [0.717, 1.165) is 21.3 Å². The molecule has 9 aromatic carbocycles. The van der Waals surface area contributed by atoms with Crippen LogP contribution in [0, 0.1) is 0 Å². The lowest BCUT2D eigenvalue weighted by molar-refractivity contribution is 0.455. The van der Waals surface area contributed by atoms with Crippen molar-refractivity contribution in [2.24, 2.45) is 0 Å². The van der Waals surface area contributed by atoms with Crippen LogP contribution >= 0.6 is 23.1 Å². The van der Waals surface area contributed by atoms with Crippen molar-refractivity contribution in [3.63, 3.8) is 0 Å². The van der Waals surface area contributed by atoms with E-state index in [-0.39, 0.29) is 0 Å². The Bertz CT molecular complexity index is 3010. The van der Waals surface area contributed by atoms with E-state index < -0.39 is 0 Å². The third-order valence-electron chi connectivity index (χ3n) is 10.3. The van der Waals surface area contributed by atoms with Crippen molar-refractivity contribution < 1.29 is 4.74 Å². The summed E-state index contributed by atoms with van der Waals surface area (Å²) in [6.07, 6.45) is 0. The third-order valence-corrected chi connectivity index (χ3v) is 12.7. The first-order chi connectivity index (χ1) is 25.3. The van der Waals surface area contributed by atoms with E-state index in [1.165, 1.54) is 85.9 Å². The fourth-order valence-electron chi connectivity index (χ4n) is 7.94. The predicted molar refractivity (Wildman–Crippen MR) is 219 cm³/mol. The van der Waals surface area contributed by atoms with Crippen LogP contribution in [0.1, 0.15) is 0 Å². The molecular formula is C48H28OS2. The van der Waals surface area contributed by atoms with Crippen molar-refractivity contribution >= 4 is 75.6 Å². The minimum Gasteiger partial charge on any atom is -0.455 e. The van der Waals surface area contributed by atoms with Crippen molar-refractivity contribution in [1.82, 2.24) is 0 Å². The van der Waals surface area contributed by atoms with Gasteiger partial charge in [-0.2, -0.15) is 0 Å². The van der Waals surface area contributed by atoms with Crippen LogP contribution < -0.4 is 4.74 Å². The molecule has 1 nitrogen and oxygen atoms in total. The maximum absolute atomic E-state index is 6.47. The largest absolute Gasteiger partial charge is 0.455 e. The monoisotopic (exact) mass is 684 g/mol. The molecule has 0 radical (unpaired) electrons. The highest BCUT2D eigenvalue weighted by atomic mass is 32.2. The molecule has 51 heavy (non-hydrogen) atoms. The quantitative estimate of drug-likeness (QED) is 0.171. The van der Waals surface area contributed by atoms with Gasteiger partial charge in [-0.1, -0.05) is 133 Å². The van der Waals surface area contributed by atoms with Crippen LogP contribution in [0.2, 0.25) is 0 Å². The first-order valence-corrected chi connectivity index (χ1v) is 18.9. The molecule has 0 saturated heterocycles. The standard InChI is InChI=1S/C48H28OS2/c1-2-13-37-35(11-1)36-12-3-4-14-38(36)42-28-29(23-24-39(37)42)30-25-31(33-16-9-18-41-40-15-5-7-21-45(40)50-47(33)41)27-32(26-30)34-17-10-20-44-48(34)51-46-22-8-6-19-43(46)49-44/h1-28H. The lowest BCUT2D eigenvalue weighted by Crippen LogP contribution is -1.97. The predicted octanol–water partition coefficient (Wildman–Crippen LogP) is 14.8. The second-order valence-electron chi connectivity index (χ2n) is 13.2. The Labute approximate surface area is 303 Å². The van der Waals surface area contributed by atoms with E-state index in [1.54, 1.807) is 11.8 Å². The highest BCUT2D eigenvalue weighted by Crippen LogP contribution is 2.52. The third kappa shape index (κ3) is 4.56. The summed E-state index contributed by atoms with van der Waals surface area (Å²) in [7, 11) is 0. The molecule has 0 N–H and O–H groups in total. The van der Waals surface area contributed by atoms with Crippen molar-refractivity contribution in [1.29, 1.82) is 0 Å². The van der Waals surface area contributed by atoms with E-state index in [4.69, 9.17) is 4.74 Å². The average Bonchev–Trinajstić information content (AvgIpc) is 3.58. The van der Waals surface area contributed by atoms with Crippen LogP contribution in [0.15, 0.2) is 180 Å². The van der Waals surface area contributed by atoms with Gasteiger partial charge < -0.3 is 4.74 Å². The van der Waals surface area contributed by atoms with Crippen molar-refractivity contribution in [3.8, 4) is 44.9 Å². The average molecular weight is 685 g/mol. The zero-order valence-electron chi connectivity index (χ0n) is 27.4. The summed E-state index contributed by atoms with van der Waals surface area (Å²) in [5.74, 6) is 1.81. The molecule has 0 fully saturated rings. The number of hydrogen-bond acceptors (Lipinski definition) is 3. The molecule has 11 rings (SSSR count). The van der Waals surface area contributed by atoms with Crippen LogP contribution in [-0.4, -0.2) is 0 Å². The molecule has 0 amide bonds. The van der Waals surface area contributed by atoms with Crippen molar-refractivity contribution in [2.75, 3.05) is 0 Å². The Balaban J connectivity index is 1.18. The second kappa shape index (κ2) is 11.3. The highest BCUT2D eigenvalue weighted by molar-refractivity contribution is 7.99. The number of rotatable bonds is 3. The molecule has 238 valence electrons. The molecule has 1 aliphatic rings. The molecule has 1 aliphatic heterocycles. The number of fused-ring (bicyclic) bond motifs is 11. The van der Waals surface area contributed by atoms with Crippen LogP contribution in [-0.2, 0) is 0 Å². The number of ether oxygens (including phenoxy) is 1. The van der Waals surface area contributed by atoms with E-state index in [2.05, 4.69) is 164 Å². The second-order valence-corrected chi connectivity index (χ2v) is 15.3. The number of benzene rings is 9. The fraction of sp³-hybridized carbons (Fsp3) is 0. The Morgan fingerprint density at radius 1 is 0.353 bits per heavy atom. The van der Waals surface area contributed by atoms with E-state index in [0.29, 0.717) is 0 Å². The normalized spacial score (nSPS) is 12.4. The molecule has 0 saturated carbocycles. The maximum Gasteiger partial charge on any atom is 0.142 e. The van der Waals surface area contributed by atoms with E-state index >= 15 is 0 Å². The number of hydrogen-bond donors (Lipinski definition) is 0. The van der Waals surface area contributed by atoms with Gasteiger partial charge in [0, 0.05) is 20.2 Å². The van der Waals surface area contributed by atoms with Gasteiger partial charge in [0.05, 0.1) is 9.79 Å². The molecule has 0 spiro atoms. The molecule has 0 unspecified atom stereocenters. The van der Waals surface area contributed by atoms with Gasteiger partial charge >= 0.3 is 0 Å². The summed E-state index contributed by atoms with van der Waals surface area (Å²) in [6, 6.07) is 62.1. The van der Waals surface area contributed by atoms with Crippen LogP contribution in [0.5, 0.6) is 11.5 Å². The van der Waals surface area contributed by atoms with Gasteiger partial charge in [-0.15, -0.1) is 11.3 Å². The van der Waals surface area contributed by atoms with Gasteiger partial charge in [-0.05, 0) is 114 Å². The lowest BCUT2D eigenvalue weighted by atomic mass is 9.89. The minimum atomic E-state index is 0.902. The molecule has 10 aromatic rings. The van der Waals surface area contributed by atoms with Gasteiger partial charge in [0.25, 0.3) is 0 Å². The molecule has 3 heteroatoms. The lowest BCUT2D eigenvalue weighted by Gasteiger charge is -2.22. The topological polar surface area (TPSA) is 9.23 Å². The molecular weight excluding hydrogens is 657 g/mol. The molecule has 1 aromatic heterocycles. The van der Waals surface area contributed by atoms with Gasteiger partial charge in [0.1, 0.15) is 11.5 Å². The van der Waals surface area contributed by atoms with Crippen molar-refractivity contribution in [2.45, 2.75) is 9.79 Å². The van der Waals surface area contributed by atoms with E-state index in [9.17, 15) is 0 Å². The Morgan fingerprint density at radius 2 is 0.922 bits per heavy atom. The van der Waals surface area contributed by atoms with Gasteiger partial charge in [0.2, 0.25) is 0 Å². The fourth-order valence-corrected chi connectivity index (χ4v) is 10.3. The Hall–Kier alpha value is -5.87. The summed E-state index contributed by atoms with van der Waals surface area (Å²) >= 11 is 3.68. The highest BCUT2D eigenvalue weighted by Gasteiger charge is 2.22. The number of para-hydroxylation sites is 1. The summed E-state index contributed by atoms with van der Waals surface area (Å²) in [5, 5.41) is 10.3. The molecule has 0 bridgehead atoms. The van der Waals surface area contributed by atoms with Gasteiger partial charge in [-0.3, -0.25) is 0 Å². The molecule has 0 atom stereocenters. The Morgan fingerprint density at radius 3 is 1.73 bits per heavy atom. The summed E-state index contributed by atoms with van der Waals surface area (Å²) < 4.78 is 9.10. The van der Waals surface area contributed by atoms with Gasteiger partial charge in [-0.25, -0.2) is 0 Å². The van der Waals surface area contributed by atoms with E-state index in [1.807, 2.05) is 17.4 Å².